The van der Waals surface area contributed by atoms with E-state index in [1.807, 2.05) is 13.1 Å². The van der Waals surface area contributed by atoms with Crippen molar-refractivity contribution >= 4 is 11.3 Å². The number of rotatable bonds is 4. The van der Waals surface area contributed by atoms with Gasteiger partial charge in [0.05, 0.1) is 17.6 Å². The highest BCUT2D eigenvalue weighted by Crippen LogP contribution is 2.40. The molecule has 2 aliphatic rings. The molecule has 1 aromatic carbocycles. The van der Waals surface area contributed by atoms with Crippen LogP contribution in [0.4, 0.5) is 4.39 Å². The Balaban J connectivity index is 1.34. The molecule has 28 heavy (non-hydrogen) atoms. The van der Waals surface area contributed by atoms with Gasteiger partial charge in [-0.15, -0.1) is 5.10 Å². The van der Waals surface area contributed by atoms with Crippen molar-refractivity contribution in [2.75, 3.05) is 7.05 Å². The van der Waals surface area contributed by atoms with Gasteiger partial charge in [-0.3, -0.25) is 4.90 Å². The second kappa shape index (κ2) is 6.82. The Bertz CT molecular complexity index is 979. The van der Waals surface area contributed by atoms with Crippen LogP contribution in [0.15, 0.2) is 36.9 Å². The van der Waals surface area contributed by atoms with Gasteiger partial charge in [0, 0.05) is 37.0 Å². The van der Waals surface area contributed by atoms with Gasteiger partial charge in [0.25, 0.3) is 5.19 Å². The van der Waals surface area contributed by atoms with Gasteiger partial charge in [0.15, 0.2) is 11.2 Å². The predicted octanol–water partition coefficient (Wildman–Crippen LogP) is 3.05. The molecule has 2 unspecified atom stereocenters. The van der Waals surface area contributed by atoms with Gasteiger partial charge in [-0.05, 0) is 32.0 Å². The van der Waals surface area contributed by atoms with Crippen LogP contribution in [0.5, 0.6) is 10.9 Å². The first-order chi connectivity index (χ1) is 13.6. The molecule has 1 N–H and O–H groups in total. The third-order valence-corrected chi connectivity index (χ3v) is 6.64. The quantitative estimate of drug-likeness (QED) is 0.724. The fourth-order valence-corrected chi connectivity index (χ4v) is 5.02. The Kier molecular flexibility index (Phi) is 4.28. The Hall–Kier alpha value is -2.52. The summed E-state index contributed by atoms with van der Waals surface area (Å²) in [4.78, 5) is 6.14. The van der Waals surface area contributed by atoms with Crippen molar-refractivity contribution in [3.05, 3.63) is 36.9 Å². The molecule has 4 atom stereocenters. The number of halogens is 1. The Morgan fingerprint density at radius 1 is 1.29 bits per heavy atom. The summed E-state index contributed by atoms with van der Waals surface area (Å²) in [5.41, 5.74) is 1.36. The molecule has 4 heterocycles. The molecule has 7 nitrogen and oxygen atoms in total. The number of hydrogen-bond acceptors (Lipinski definition) is 7. The van der Waals surface area contributed by atoms with Crippen molar-refractivity contribution in [2.45, 2.75) is 43.6 Å². The van der Waals surface area contributed by atoms with E-state index < -0.39 is 12.3 Å². The lowest BCUT2D eigenvalue weighted by molar-refractivity contribution is -0.0114. The average molecular weight is 401 g/mol. The molecule has 2 bridgehead atoms. The standard InChI is InChI=1S/C19H20FN5O2S/c1-24-11-3-5-14(24)17(20)16(9-11)27-19-23-22-18(28-19)13-4-2-12(8-15(13)26)25-7-6-21-10-25/h2,4,6-8,10-11,14,16-17,26H,3,5,9H2,1H3/t11?,14?,16-,17-/m0/s1. The molecular weight excluding hydrogens is 381 g/mol. The zero-order chi connectivity index (χ0) is 19.3. The maximum Gasteiger partial charge on any atom is 0.294 e. The number of phenols is 1. The first-order valence-corrected chi connectivity index (χ1v) is 10.1. The summed E-state index contributed by atoms with van der Waals surface area (Å²) < 4.78 is 22.5. The zero-order valence-electron chi connectivity index (χ0n) is 15.3. The maximum atomic E-state index is 14.8. The van der Waals surface area contributed by atoms with Gasteiger partial charge < -0.3 is 14.4 Å². The van der Waals surface area contributed by atoms with Gasteiger partial charge in [-0.2, -0.15) is 0 Å². The molecule has 146 valence electrons. The summed E-state index contributed by atoms with van der Waals surface area (Å²) in [6, 6.07) is 5.59. The molecule has 3 aromatic rings. The minimum atomic E-state index is -1.03. The van der Waals surface area contributed by atoms with Gasteiger partial charge in [0.1, 0.15) is 11.9 Å². The summed E-state index contributed by atoms with van der Waals surface area (Å²) in [6.07, 6.45) is 6.16. The molecule has 9 heteroatoms. The summed E-state index contributed by atoms with van der Waals surface area (Å²) in [5, 5.41) is 19.5. The summed E-state index contributed by atoms with van der Waals surface area (Å²) in [7, 11) is 1.99. The van der Waals surface area contributed by atoms with Gasteiger partial charge in [0.2, 0.25) is 0 Å². The van der Waals surface area contributed by atoms with E-state index in [-0.39, 0.29) is 11.8 Å². The van der Waals surface area contributed by atoms with Crippen LogP contribution in [0.3, 0.4) is 0 Å². The molecule has 0 amide bonds. The highest BCUT2D eigenvalue weighted by Gasteiger charge is 2.47. The number of imidazole rings is 1. The molecule has 2 aromatic heterocycles. The summed E-state index contributed by atoms with van der Waals surface area (Å²) in [6.45, 7) is 0. The number of aromatic nitrogens is 4. The van der Waals surface area contributed by atoms with Crippen LogP contribution >= 0.6 is 11.3 Å². The van der Waals surface area contributed by atoms with Crippen LogP contribution in [0.1, 0.15) is 19.3 Å². The van der Waals surface area contributed by atoms with Crippen molar-refractivity contribution < 1.29 is 14.2 Å². The van der Waals surface area contributed by atoms with Crippen molar-refractivity contribution in [3.63, 3.8) is 0 Å². The van der Waals surface area contributed by atoms with Crippen LogP contribution in [-0.2, 0) is 0 Å². The van der Waals surface area contributed by atoms with Crippen LogP contribution in [0.25, 0.3) is 16.3 Å². The lowest BCUT2D eigenvalue weighted by Crippen LogP contribution is -2.52. The third kappa shape index (κ3) is 2.94. The first-order valence-electron chi connectivity index (χ1n) is 9.28. The first kappa shape index (κ1) is 17.6. The molecule has 0 radical (unpaired) electrons. The molecule has 0 saturated carbocycles. The zero-order valence-corrected chi connectivity index (χ0v) is 16.1. The van der Waals surface area contributed by atoms with Crippen molar-refractivity contribution in [3.8, 4) is 27.2 Å². The van der Waals surface area contributed by atoms with Crippen molar-refractivity contribution in [1.82, 2.24) is 24.6 Å². The number of hydrogen-bond donors (Lipinski definition) is 1. The van der Waals surface area contributed by atoms with E-state index in [2.05, 4.69) is 20.1 Å². The Morgan fingerprint density at radius 2 is 2.18 bits per heavy atom. The summed E-state index contributed by atoms with van der Waals surface area (Å²) >= 11 is 1.22. The number of nitrogens with zero attached hydrogens (tertiary/aromatic N) is 5. The normalized spacial score (nSPS) is 27.2. The van der Waals surface area contributed by atoms with E-state index >= 15 is 0 Å². The number of alkyl halides is 1. The highest BCUT2D eigenvalue weighted by atomic mass is 32.1. The topological polar surface area (TPSA) is 76.3 Å². The fraction of sp³-hybridized carbons (Fsp3) is 0.421. The number of aromatic hydroxyl groups is 1. The van der Waals surface area contributed by atoms with E-state index in [4.69, 9.17) is 4.74 Å². The monoisotopic (exact) mass is 401 g/mol. The maximum absolute atomic E-state index is 14.8. The minimum absolute atomic E-state index is 0.0732. The number of fused-ring (bicyclic) bond motifs is 2. The Labute approximate surface area is 165 Å². The Morgan fingerprint density at radius 3 is 2.96 bits per heavy atom. The smallest absolute Gasteiger partial charge is 0.294 e. The number of phenolic OH excluding ortho intramolecular Hbond substituents is 1. The predicted molar refractivity (Wildman–Crippen MR) is 103 cm³/mol. The second-order valence-electron chi connectivity index (χ2n) is 7.34. The molecular formula is C19H20FN5O2S. The largest absolute Gasteiger partial charge is 0.507 e. The van der Waals surface area contributed by atoms with E-state index in [1.165, 1.54) is 11.3 Å². The van der Waals surface area contributed by atoms with Gasteiger partial charge >= 0.3 is 0 Å². The van der Waals surface area contributed by atoms with Crippen LogP contribution < -0.4 is 4.74 Å². The number of benzene rings is 1. The van der Waals surface area contributed by atoms with Crippen LogP contribution in [0.2, 0.25) is 0 Å². The molecule has 0 aliphatic carbocycles. The van der Waals surface area contributed by atoms with Crippen LogP contribution in [-0.4, -0.2) is 61.2 Å². The van der Waals surface area contributed by atoms with Crippen molar-refractivity contribution in [1.29, 1.82) is 0 Å². The molecule has 2 fully saturated rings. The molecule has 2 saturated heterocycles. The lowest BCUT2D eigenvalue weighted by atomic mass is 9.98. The second-order valence-corrected chi connectivity index (χ2v) is 8.29. The van der Waals surface area contributed by atoms with E-state index in [0.29, 0.717) is 28.2 Å². The number of piperidine rings is 1. The lowest BCUT2D eigenvalue weighted by Gasteiger charge is -2.38. The SMILES string of the molecule is CN1C2CCC1[C@H](F)[C@@H](Oc1nnc(-c3ccc(-n4ccnc4)cc3O)s1)C2. The highest BCUT2D eigenvalue weighted by molar-refractivity contribution is 7.16. The van der Waals surface area contributed by atoms with Crippen molar-refractivity contribution in [2.24, 2.45) is 0 Å². The minimum Gasteiger partial charge on any atom is -0.507 e. The molecule has 2 aliphatic heterocycles. The van der Waals surface area contributed by atoms with Gasteiger partial charge in [-0.1, -0.05) is 16.4 Å². The third-order valence-electron chi connectivity index (χ3n) is 5.79. The number of ether oxygens (including phenoxy) is 1. The average Bonchev–Trinajstić information content (AvgIpc) is 3.41. The van der Waals surface area contributed by atoms with E-state index in [1.54, 1.807) is 35.4 Å². The van der Waals surface area contributed by atoms with E-state index in [0.717, 1.165) is 18.5 Å². The van der Waals surface area contributed by atoms with Gasteiger partial charge in [-0.25, -0.2) is 9.37 Å². The molecule has 0 spiro atoms. The summed E-state index contributed by atoms with van der Waals surface area (Å²) in [5.74, 6) is 0.0922. The fourth-order valence-electron chi connectivity index (χ4n) is 4.24. The van der Waals surface area contributed by atoms with Crippen LogP contribution in [0, 0.1) is 0 Å². The molecule has 5 rings (SSSR count). The van der Waals surface area contributed by atoms with E-state index in [9.17, 15) is 9.50 Å².